The molecular formula is C16H21N3O2. The predicted molar refractivity (Wildman–Crippen MR) is 80.8 cm³/mol. The summed E-state index contributed by atoms with van der Waals surface area (Å²) in [5.74, 6) is -0.190. The van der Waals surface area contributed by atoms with Crippen LogP contribution in [0.3, 0.4) is 0 Å². The van der Waals surface area contributed by atoms with Gasteiger partial charge in [-0.05, 0) is 32.4 Å². The SMILES string of the molecule is Cc1cc(C(=O)N(Cc2ccccc2)CC(C)(C)O)n[nH]1. The Labute approximate surface area is 124 Å². The number of nitrogens with zero attached hydrogens (tertiary/aromatic N) is 2. The summed E-state index contributed by atoms with van der Waals surface area (Å²) >= 11 is 0. The molecule has 2 rings (SSSR count). The maximum absolute atomic E-state index is 12.6. The number of rotatable bonds is 5. The molecule has 5 heteroatoms. The number of benzene rings is 1. The minimum absolute atomic E-state index is 0.190. The van der Waals surface area contributed by atoms with E-state index in [0.717, 1.165) is 11.3 Å². The summed E-state index contributed by atoms with van der Waals surface area (Å²) in [4.78, 5) is 14.2. The van der Waals surface area contributed by atoms with Gasteiger partial charge < -0.3 is 10.0 Å². The highest BCUT2D eigenvalue weighted by Gasteiger charge is 2.25. The number of carbonyl (C=O) groups is 1. The van der Waals surface area contributed by atoms with E-state index in [0.29, 0.717) is 12.2 Å². The maximum Gasteiger partial charge on any atom is 0.274 e. The lowest BCUT2D eigenvalue weighted by atomic mass is 10.1. The molecule has 2 aromatic rings. The molecule has 0 aliphatic carbocycles. The lowest BCUT2D eigenvalue weighted by Gasteiger charge is -2.28. The van der Waals surface area contributed by atoms with Gasteiger partial charge in [0, 0.05) is 18.8 Å². The van der Waals surface area contributed by atoms with E-state index in [2.05, 4.69) is 10.2 Å². The third-order valence-corrected chi connectivity index (χ3v) is 3.01. The van der Waals surface area contributed by atoms with Crippen molar-refractivity contribution in [1.29, 1.82) is 0 Å². The van der Waals surface area contributed by atoms with Crippen LogP contribution in [0.2, 0.25) is 0 Å². The fourth-order valence-electron chi connectivity index (χ4n) is 2.16. The van der Waals surface area contributed by atoms with Crippen LogP contribution in [0, 0.1) is 6.92 Å². The second kappa shape index (κ2) is 6.10. The Hall–Kier alpha value is -2.14. The number of H-pyrrole nitrogens is 1. The minimum Gasteiger partial charge on any atom is -0.389 e. The summed E-state index contributed by atoms with van der Waals surface area (Å²) in [6, 6.07) is 11.4. The van der Waals surface area contributed by atoms with Gasteiger partial charge in [0.1, 0.15) is 5.69 Å². The molecule has 0 spiro atoms. The summed E-state index contributed by atoms with van der Waals surface area (Å²) in [5, 5.41) is 16.8. The fourth-order valence-corrected chi connectivity index (χ4v) is 2.16. The zero-order valence-electron chi connectivity index (χ0n) is 12.6. The molecule has 0 atom stereocenters. The third-order valence-electron chi connectivity index (χ3n) is 3.01. The fraction of sp³-hybridized carbons (Fsp3) is 0.375. The molecule has 112 valence electrons. The maximum atomic E-state index is 12.6. The van der Waals surface area contributed by atoms with Crippen LogP contribution in [-0.2, 0) is 6.54 Å². The molecule has 21 heavy (non-hydrogen) atoms. The number of aromatic nitrogens is 2. The number of hydrogen-bond donors (Lipinski definition) is 2. The van der Waals surface area contributed by atoms with Crippen molar-refractivity contribution in [3.63, 3.8) is 0 Å². The average Bonchev–Trinajstić information content (AvgIpc) is 2.83. The largest absolute Gasteiger partial charge is 0.389 e. The molecule has 5 nitrogen and oxygen atoms in total. The molecule has 1 aromatic heterocycles. The van der Waals surface area contributed by atoms with Gasteiger partial charge in [-0.2, -0.15) is 5.10 Å². The summed E-state index contributed by atoms with van der Waals surface area (Å²) in [6.45, 7) is 5.91. The Morgan fingerprint density at radius 2 is 2.00 bits per heavy atom. The van der Waals surface area contributed by atoms with E-state index in [-0.39, 0.29) is 12.5 Å². The lowest BCUT2D eigenvalue weighted by molar-refractivity contribution is 0.0277. The monoisotopic (exact) mass is 287 g/mol. The van der Waals surface area contributed by atoms with Crippen molar-refractivity contribution in [3.8, 4) is 0 Å². The number of nitrogens with one attached hydrogen (secondary N) is 1. The van der Waals surface area contributed by atoms with Gasteiger partial charge >= 0.3 is 0 Å². The van der Waals surface area contributed by atoms with Gasteiger partial charge in [0.2, 0.25) is 0 Å². The number of aryl methyl sites for hydroxylation is 1. The Balaban J connectivity index is 2.21. The first-order valence-corrected chi connectivity index (χ1v) is 6.93. The van der Waals surface area contributed by atoms with Gasteiger partial charge in [-0.25, -0.2) is 0 Å². The second-order valence-electron chi connectivity index (χ2n) is 5.90. The molecule has 0 aliphatic heterocycles. The van der Waals surface area contributed by atoms with E-state index in [1.54, 1.807) is 24.8 Å². The molecule has 0 saturated carbocycles. The van der Waals surface area contributed by atoms with Crippen LogP contribution in [0.4, 0.5) is 0 Å². The minimum atomic E-state index is -0.963. The molecule has 0 unspecified atom stereocenters. The topological polar surface area (TPSA) is 69.2 Å². The van der Waals surface area contributed by atoms with E-state index < -0.39 is 5.60 Å². The zero-order valence-corrected chi connectivity index (χ0v) is 12.6. The van der Waals surface area contributed by atoms with E-state index in [9.17, 15) is 9.90 Å². The Bertz CT molecular complexity index is 599. The molecule has 0 saturated heterocycles. The highest BCUT2D eigenvalue weighted by molar-refractivity contribution is 5.92. The summed E-state index contributed by atoms with van der Waals surface area (Å²) in [6.07, 6.45) is 0. The van der Waals surface area contributed by atoms with Crippen LogP contribution in [0.25, 0.3) is 0 Å². The highest BCUT2D eigenvalue weighted by Crippen LogP contribution is 2.13. The zero-order chi connectivity index (χ0) is 15.5. The first-order valence-electron chi connectivity index (χ1n) is 6.93. The van der Waals surface area contributed by atoms with Crippen molar-refractivity contribution in [2.45, 2.75) is 32.9 Å². The van der Waals surface area contributed by atoms with Crippen molar-refractivity contribution >= 4 is 5.91 Å². The predicted octanol–water partition coefficient (Wildman–Crippen LogP) is 2.13. The third kappa shape index (κ3) is 4.43. The number of aliphatic hydroxyl groups is 1. The van der Waals surface area contributed by atoms with Gasteiger partial charge in [-0.1, -0.05) is 30.3 Å². The Morgan fingerprint density at radius 1 is 1.33 bits per heavy atom. The Kier molecular flexibility index (Phi) is 4.43. The average molecular weight is 287 g/mol. The summed E-state index contributed by atoms with van der Waals surface area (Å²) < 4.78 is 0. The van der Waals surface area contributed by atoms with Gasteiger partial charge in [0.15, 0.2) is 0 Å². The lowest BCUT2D eigenvalue weighted by Crippen LogP contribution is -2.42. The molecule has 0 bridgehead atoms. The van der Waals surface area contributed by atoms with Gasteiger partial charge in [-0.3, -0.25) is 9.89 Å². The van der Waals surface area contributed by atoms with Crippen molar-refractivity contribution in [1.82, 2.24) is 15.1 Å². The van der Waals surface area contributed by atoms with Crippen molar-refractivity contribution in [3.05, 3.63) is 53.3 Å². The molecule has 0 radical (unpaired) electrons. The van der Waals surface area contributed by atoms with Crippen molar-refractivity contribution < 1.29 is 9.90 Å². The Morgan fingerprint density at radius 3 is 2.52 bits per heavy atom. The van der Waals surface area contributed by atoms with Gasteiger partial charge in [0.25, 0.3) is 5.91 Å². The van der Waals surface area contributed by atoms with Crippen LogP contribution in [0.5, 0.6) is 0 Å². The van der Waals surface area contributed by atoms with E-state index in [1.165, 1.54) is 0 Å². The van der Waals surface area contributed by atoms with Crippen molar-refractivity contribution in [2.24, 2.45) is 0 Å². The summed E-state index contributed by atoms with van der Waals surface area (Å²) in [7, 11) is 0. The first kappa shape index (κ1) is 15.3. The van der Waals surface area contributed by atoms with Crippen LogP contribution in [0.1, 0.15) is 35.6 Å². The van der Waals surface area contributed by atoms with Crippen LogP contribution in [-0.4, -0.2) is 38.3 Å². The van der Waals surface area contributed by atoms with Crippen LogP contribution < -0.4 is 0 Å². The molecule has 1 heterocycles. The highest BCUT2D eigenvalue weighted by atomic mass is 16.3. The smallest absolute Gasteiger partial charge is 0.274 e. The van der Waals surface area contributed by atoms with E-state index in [4.69, 9.17) is 0 Å². The van der Waals surface area contributed by atoms with Gasteiger partial charge in [0.05, 0.1) is 5.60 Å². The van der Waals surface area contributed by atoms with E-state index >= 15 is 0 Å². The standard InChI is InChI=1S/C16H21N3O2/c1-12-9-14(18-17-12)15(20)19(11-16(2,3)21)10-13-7-5-4-6-8-13/h4-9,21H,10-11H2,1-3H3,(H,17,18). The second-order valence-corrected chi connectivity index (χ2v) is 5.90. The molecule has 0 fully saturated rings. The number of carbonyl (C=O) groups excluding carboxylic acids is 1. The van der Waals surface area contributed by atoms with Crippen LogP contribution in [0.15, 0.2) is 36.4 Å². The van der Waals surface area contributed by atoms with Crippen LogP contribution >= 0.6 is 0 Å². The number of hydrogen-bond acceptors (Lipinski definition) is 3. The first-order chi connectivity index (χ1) is 9.85. The molecular weight excluding hydrogens is 266 g/mol. The summed E-state index contributed by atoms with van der Waals surface area (Å²) in [5.41, 5.74) is 1.26. The van der Waals surface area contributed by atoms with E-state index in [1.807, 2.05) is 37.3 Å². The molecule has 1 amide bonds. The molecule has 1 aromatic carbocycles. The number of amides is 1. The normalized spacial score (nSPS) is 11.4. The van der Waals surface area contributed by atoms with Gasteiger partial charge in [-0.15, -0.1) is 0 Å². The quantitative estimate of drug-likeness (QED) is 0.885. The molecule has 0 aliphatic rings. The number of aromatic amines is 1. The van der Waals surface area contributed by atoms with Crippen molar-refractivity contribution in [2.75, 3.05) is 6.54 Å². The molecule has 2 N–H and O–H groups in total.